The minimum absolute atomic E-state index is 0.0635. The second-order valence-corrected chi connectivity index (χ2v) is 10.1. The van der Waals surface area contributed by atoms with Crippen LogP contribution in [-0.2, 0) is 16.0 Å². The van der Waals surface area contributed by atoms with Gasteiger partial charge >= 0.3 is 6.16 Å². The lowest BCUT2D eigenvalue weighted by atomic mass is 10.1. The number of pyridine rings is 1. The van der Waals surface area contributed by atoms with E-state index in [9.17, 15) is 14.4 Å². The minimum atomic E-state index is -0.903. The Morgan fingerprint density at radius 2 is 1.93 bits per heavy atom. The van der Waals surface area contributed by atoms with Crippen molar-refractivity contribution in [1.82, 2.24) is 35.3 Å². The van der Waals surface area contributed by atoms with E-state index in [0.29, 0.717) is 39.8 Å². The van der Waals surface area contributed by atoms with Crippen LogP contribution < -0.4 is 15.6 Å². The summed E-state index contributed by atoms with van der Waals surface area (Å²) in [7, 11) is 0. The van der Waals surface area contributed by atoms with Crippen molar-refractivity contribution in [3.63, 3.8) is 0 Å². The summed E-state index contributed by atoms with van der Waals surface area (Å²) in [6, 6.07) is 17.0. The summed E-state index contributed by atoms with van der Waals surface area (Å²) in [4.78, 5) is 47.0. The monoisotopic (exact) mass is 633 g/mol. The molecule has 0 bridgehead atoms. The lowest BCUT2D eigenvalue weighted by molar-refractivity contribution is -0.117. The van der Waals surface area contributed by atoms with E-state index in [4.69, 9.17) is 32.7 Å². The molecule has 44 heavy (non-hydrogen) atoms. The van der Waals surface area contributed by atoms with Crippen LogP contribution in [0.4, 0.5) is 4.79 Å². The van der Waals surface area contributed by atoms with Gasteiger partial charge in [-0.25, -0.2) is 14.5 Å². The first-order valence-electron chi connectivity index (χ1n) is 13.3. The molecule has 1 amide bonds. The molecule has 12 nitrogen and oxygen atoms in total. The molecule has 3 aromatic heterocycles. The summed E-state index contributed by atoms with van der Waals surface area (Å²) in [5.74, 6) is -0.0745. The number of imidazole rings is 1. The molecule has 0 aliphatic rings. The van der Waals surface area contributed by atoms with E-state index in [0.717, 1.165) is 5.56 Å². The zero-order valence-electron chi connectivity index (χ0n) is 23.2. The van der Waals surface area contributed by atoms with E-state index in [1.165, 1.54) is 29.2 Å². The van der Waals surface area contributed by atoms with Crippen molar-refractivity contribution >= 4 is 41.3 Å². The van der Waals surface area contributed by atoms with E-state index >= 15 is 0 Å². The van der Waals surface area contributed by atoms with Crippen molar-refractivity contribution < 1.29 is 19.1 Å². The van der Waals surface area contributed by atoms with Gasteiger partial charge in [-0.15, -0.1) is 0 Å². The van der Waals surface area contributed by atoms with Crippen molar-refractivity contribution in [2.45, 2.75) is 19.4 Å². The largest absolute Gasteiger partial charge is 0.515 e. The van der Waals surface area contributed by atoms with Crippen LogP contribution >= 0.6 is 23.2 Å². The first-order chi connectivity index (χ1) is 21.3. The van der Waals surface area contributed by atoms with E-state index in [2.05, 4.69) is 30.6 Å². The topological polar surface area (TPSA) is 157 Å². The van der Waals surface area contributed by atoms with Crippen molar-refractivity contribution in [2.24, 2.45) is 0 Å². The first-order valence-corrected chi connectivity index (χ1v) is 14.1. The molecule has 224 valence electrons. The number of halogens is 2. The third kappa shape index (κ3) is 7.60. The normalized spacial score (nSPS) is 11.8. The molecule has 3 heterocycles. The summed E-state index contributed by atoms with van der Waals surface area (Å²) in [6.07, 6.45) is 5.33. The fourth-order valence-electron chi connectivity index (χ4n) is 4.28. The van der Waals surface area contributed by atoms with Gasteiger partial charge in [-0.05, 0) is 49.2 Å². The van der Waals surface area contributed by atoms with Crippen LogP contribution in [0.1, 0.15) is 29.9 Å². The number of aromatic amines is 2. The molecule has 5 rings (SSSR count). The number of hydrogen-bond acceptors (Lipinski definition) is 8. The number of ether oxygens (including phenoxy) is 2. The summed E-state index contributed by atoms with van der Waals surface area (Å²) >= 11 is 12.7. The highest BCUT2D eigenvalue weighted by molar-refractivity contribution is 6.32. The van der Waals surface area contributed by atoms with Gasteiger partial charge in [0.05, 0.1) is 24.5 Å². The number of aromatic nitrogens is 6. The smallest absolute Gasteiger partial charge is 0.434 e. The van der Waals surface area contributed by atoms with Gasteiger partial charge in [0.2, 0.25) is 11.5 Å². The average Bonchev–Trinajstić information content (AvgIpc) is 3.63. The molecule has 0 aliphatic heterocycles. The predicted molar refractivity (Wildman–Crippen MR) is 164 cm³/mol. The number of hydrogen-bond donors (Lipinski definition) is 3. The van der Waals surface area contributed by atoms with Crippen LogP contribution in [0.2, 0.25) is 10.2 Å². The maximum absolute atomic E-state index is 13.3. The van der Waals surface area contributed by atoms with Crippen LogP contribution in [0.3, 0.4) is 0 Å². The standard InChI is InChI=1S/C30H25Cl2N7O5/c1-2-43-30(42)44-26-17-39(38-37-26)23-10-9-21(31)15-19(23)8-11-24(40)34-22(14-18-6-4-3-5-7-18)29-35-27(28(32)36-29)20-12-13-33-25(41)16-20/h3-13,15-17,22H,2,14H2,1H3,(H,33,41)(H,34,40)(H,35,36)/b11-8+/t22-/m0/s1. The highest BCUT2D eigenvalue weighted by Gasteiger charge is 2.21. The molecular formula is C30H25Cl2N7O5. The number of nitrogens with zero attached hydrogens (tertiary/aromatic N) is 4. The lowest BCUT2D eigenvalue weighted by Crippen LogP contribution is -2.29. The summed E-state index contributed by atoms with van der Waals surface area (Å²) < 4.78 is 11.1. The van der Waals surface area contributed by atoms with E-state index in [1.807, 2.05) is 30.3 Å². The maximum atomic E-state index is 13.3. The number of amides is 1. The highest BCUT2D eigenvalue weighted by atomic mass is 35.5. The van der Waals surface area contributed by atoms with Crippen molar-refractivity contribution in [3.05, 3.63) is 117 Å². The van der Waals surface area contributed by atoms with Gasteiger partial charge in [0.25, 0.3) is 5.88 Å². The van der Waals surface area contributed by atoms with Crippen molar-refractivity contribution in [1.29, 1.82) is 0 Å². The van der Waals surface area contributed by atoms with Crippen LogP contribution in [0.5, 0.6) is 5.88 Å². The van der Waals surface area contributed by atoms with Gasteiger partial charge in [0, 0.05) is 34.5 Å². The number of carbonyl (C=O) groups excluding carboxylic acids is 2. The van der Waals surface area contributed by atoms with Gasteiger partial charge < -0.3 is 24.8 Å². The number of H-pyrrole nitrogens is 2. The van der Waals surface area contributed by atoms with Crippen LogP contribution in [0.15, 0.2) is 83.9 Å². The van der Waals surface area contributed by atoms with E-state index < -0.39 is 18.1 Å². The highest BCUT2D eigenvalue weighted by Crippen LogP contribution is 2.28. The van der Waals surface area contributed by atoms with E-state index in [1.54, 1.807) is 37.3 Å². The Bertz CT molecular complexity index is 1870. The van der Waals surface area contributed by atoms with Crippen molar-refractivity contribution in [3.8, 4) is 22.8 Å². The minimum Gasteiger partial charge on any atom is -0.434 e. The molecule has 0 spiro atoms. The fraction of sp³-hybridized carbons (Fsp3) is 0.133. The summed E-state index contributed by atoms with van der Waals surface area (Å²) in [6.45, 7) is 1.80. The molecule has 0 saturated carbocycles. The van der Waals surface area contributed by atoms with Gasteiger partial charge in [0.1, 0.15) is 16.7 Å². The molecule has 0 aliphatic carbocycles. The van der Waals surface area contributed by atoms with Crippen molar-refractivity contribution in [2.75, 3.05) is 6.61 Å². The SMILES string of the molecule is CCOC(=O)Oc1cn(-c2ccc(Cl)cc2/C=C/C(=O)N[C@@H](Cc2ccccc2)c2nc(-c3cc[nH]c(=O)c3)c(Cl)[nH]2)nn1. The molecule has 3 N–H and O–H groups in total. The quantitative estimate of drug-likeness (QED) is 0.138. The Morgan fingerprint density at radius 1 is 1.11 bits per heavy atom. The number of nitrogens with one attached hydrogen (secondary N) is 3. The Kier molecular flexibility index (Phi) is 9.52. The predicted octanol–water partition coefficient (Wildman–Crippen LogP) is 5.30. The third-order valence-corrected chi connectivity index (χ3v) is 6.74. The Morgan fingerprint density at radius 3 is 2.70 bits per heavy atom. The second kappa shape index (κ2) is 13.8. The third-order valence-electron chi connectivity index (χ3n) is 6.23. The summed E-state index contributed by atoms with van der Waals surface area (Å²) in [5.41, 5.74) is 2.64. The molecular weight excluding hydrogens is 609 g/mol. The Hall–Kier alpha value is -5.20. The Balaban J connectivity index is 1.39. The first kappa shape index (κ1) is 30.3. The van der Waals surface area contributed by atoms with Gasteiger partial charge in [0.15, 0.2) is 0 Å². The average molecular weight is 634 g/mol. The van der Waals surface area contributed by atoms with Gasteiger partial charge in [-0.2, -0.15) is 0 Å². The number of benzene rings is 2. The number of rotatable bonds is 10. The molecule has 14 heteroatoms. The second-order valence-electron chi connectivity index (χ2n) is 9.30. The maximum Gasteiger partial charge on any atom is 0.515 e. The molecule has 2 aromatic carbocycles. The zero-order chi connectivity index (χ0) is 31.1. The molecule has 0 fully saturated rings. The molecule has 0 unspecified atom stereocenters. The lowest BCUT2D eigenvalue weighted by Gasteiger charge is -2.16. The number of carbonyl (C=O) groups is 2. The van der Waals surface area contributed by atoms with Gasteiger partial charge in [-0.3, -0.25) is 9.59 Å². The van der Waals surface area contributed by atoms with Crippen LogP contribution in [-0.4, -0.2) is 48.6 Å². The van der Waals surface area contributed by atoms with E-state index in [-0.39, 0.29) is 23.2 Å². The molecule has 0 radical (unpaired) electrons. The molecule has 5 aromatic rings. The van der Waals surface area contributed by atoms with Gasteiger partial charge in [-0.1, -0.05) is 63.8 Å². The van der Waals surface area contributed by atoms with Crippen LogP contribution in [0.25, 0.3) is 23.0 Å². The Labute approximate surface area is 260 Å². The molecule has 1 atom stereocenters. The zero-order valence-corrected chi connectivity index (χ0v) is 24.7. The molecule has 0 saturated heterocycles. The van der Waals surface area contributed by atoms with Crippen LogP contribution in [0, 0.1) is 0 Å². The fourth-order valence-corrected chi connectivity index (χ4v) is 4.71. The summed E-state index contributed by atoms with van der Waals surface area (Å²) in [5, 5.41) is 11.5.